The average Bonchev–Trinajstić information content (AvgIpc) is 2.43. The monoisotopic (exact) mass is 315 g/mol. The maximum absolute atomic E-state index is 11.5. The fourth-order valence-corrected chi connectivity index (χ4v) is 2.00. The molecule has 0 bridgehead atoms. The molecule has 0 aliphatic rings. The lowest BCUT2D eigenvalue weighted by Gasteiger charge is -2.34. The minimum Gasteiger partial charge on any atom is -0.375 e. The van der Waals surface area contributed by atoms with E-state index in [0.717, 1.165) is 25.9 Å². The van der Waals surface area contributed by atoms with Crippen molar-refractivity contribution in [2.45, 2.75) is 85.4 Å². The second-order valence-electron chi connectivity index (χ2n) is 7.77. The number of hydrogen-bond donors (Lipinski definition) is 1. The fraction of sp³-hybridized carbons (Fsp3) is 0.944. The van der Waals surface area contributed by atoms with Crippen molar-refractivity contribution < 1.29 is 14.3 Å². The molecule has 0 spiro atoms. The number of hydrogen-bond acceptors (Lipinski definition) is 3. The first kappa shape index (κ1) is 21.4. The van der Waals surface area contributed by atoms with Gasteiger partial charge in [-0.2, -0.15) is 0 Å². The second-order valence-corrected chi connectivity index (χ2v) is 7.77. The van der Waals surface area contributed by atoms with Gasteiger partial charge in [-0.05, 0) is 52.4 Å². The molecule has 1 amide bonds. The van der Waals surface area contributed by atoms with Crippen molar-refractivity contribution in [3.8, 4) is 0 Å². The normalized spacial score (nSPS) is 13.3. The van der Waals surface area contributed by atoms with Gasteiger partial charge in [0.25, 0.3) is 0 Å². The summed E-state index contributed by atoms with van der Waals surface area (Å²) in [5.74, 6) is 0.00201. The van der Waals surface area contributed by atoms with Gasteiger partial charge in [0, 0.05) is 7.05 Å². The molecule has 0 fully saturated rings. The molecule has 0 saturated carbocycles. The van der Waals surface area contributed by atoms with Gasteiger partial charge in [-0.15, -0.1) is 0 Å². The maximum Gasteiger partial charge on any atom is 0.222 e. The van der Waals surface area contributed by atoms with Gasteiger partial charge in [-0.1, -0.05) is 20.8 Å². The first-order valence-corrected chi connectivity index (χ1v) is 8.48. The molecule has 22 heavy (non-hydrogen) atoms. The van der Waals surface area contributed by atoms with E-state index in [4.69, 9.17) is 9.47 Å². The molecule has 0 aliphatic carbocycles. The Morgan fingerprint density at radius 2 is 1.50 bits per heavy atom. The van der Waals surface area contributed by atoms with E-state index in [1.54, 1.807) is 7.05 Å². The summed E-state index contributed by atoms with van der Waals surface area (Å²) in [6.45, 7) is 16.2. The number of ether oxygens (including phenoxy) is 2. The molecule has 0 saturated heterocycles. The van der Waals surface area contributed by atoms with Gasteiger partial charge >= 0.3 is 0 Å². The van der Waals surface area contributed by atoms with E-state index >= 15 is 0 Å². The van der Waals surface area contributed by atoms with Crippen LogP contribution < -0.4 is 5.32 Å². The maximum atomic E-state index is 11.5. The SMILES string of the molecule is CCC(C)(CC)COC(C)(C)CCOC(C)(C)CC(=O)NC. The lowest BCUT2D eigenvalue weighted by molar-refractivity contribution is -0.129. The smallest absolute Gasteiger partial charge is 0.222 e. The van der Waals surface area contributed by atoms with Gasteiger partial charge in [-0.25, -0.2) is 0 Å². The number of carbonyl (C=O) groups excluding carboxylic acids is 1. The summed E-state index contributed by atoms with van der Waals surface area (Å²) in [6, 6.07) is 0. The molecule has 0 radical (unpaired) electrons. The van der Waals surface area contributed by atoms with E-state index in [0.29, 0.717) is 13.0 Å². The zero-order chi connectivity index (χ0) is 17.4. The first-order valence-electron chi connectivity index (χ1n) is 8.48. The Kier molecular flexibility index (Phi) is 8.63. The van der Waals surface area contributed by atoms with Crippen molar-refractivity contribution in [1.82, 2.24) is 5.32 Å². The van der Waals surface area contributed by atoms with Crippen molar-refractivity contribution in [3.05, 3.63) is 0 Å². The summed E-state index contributed by atoms with van der Waals surface area (Å²) in [5, 5.41) is 2.63. The first-order chi connectivity index (χ1) is 9.99. The Hall–Kier alpha value is -0.610. The van der Waals surface area contributed by atoms with Gasteiger partial charge in [0.1, 0.15) is 0 Å². The lowest BCUT2D eigenvalue weighted by atomic mass is 9.85. The summed E-state index contributed by atoms with van der Waals surface area (Å²) in [6.07, 6.45) is 3.42. The quantitative estimate of drug-likeness (QED) is 0.628. The molecule has 0 aromatic heterocycles. The van der Waals surface area contributed by atoms with Crippen LogP contribution in [-0.2, 0) is 14.3 Å². The van der Waals surface area contributed by atoms with Crippen LogP contribution in [0.15, 0.2) is 0 Å². The fourth-order valence-electron chi connectivity index (χ4n) is 2.00. The Morgan fingerprint density at radius 3 is 1.95 bits per heavy atom. The average molecular weight is 315 g/mol. The highest BCUT2D eigenvalue weighted by Crippen LogP contribution is 2.29. The van der Waals surface area contributed by atoms with Gasteiger partial charge in [-0.3, -0.25) is 4.79 Å². The number of nitrogens with one attached hydrogen (secondary N) is 1. The number of amides is 1. The lowest BCUT2D eigenvalue weighted by Crippen LogP contribution is -2.36. The minimum atomic E-state index is -0.447. The minimum absolute atomic E-state index is 0.00201. The summed E-state index contributed by atoms with van der Waals surface area (Å²) in [5.41, 5.74) is -0.414. The van der Waals surface area contributed by atoms with Gasteiger partial charge in [0.15, 0.2) is 0 Å². The zero-order valence-electron chi connectivity index (χ0n) is 16.0. The Morgan fingerprint density at radius 1 is 0.955 bits per heavy atom. The predicted molar refractivity (Wildman–Crippen MR) is 92.1 cm³/mol. The van der Waals surface area contributed by atoms with E-state index < -0.39 is 5.60 Å². The third-order valence-electron chi connectivity index (χ3n) is 4.58. The molecule has 0 unspecified atom stereocenters. The van der Waals surface area contributed by atoms with Crippen LogP contribution in [0.25, 0.3) is 0 Å². The Bertz CT molecular complexity index is 333. The molecule has 0 aliphatic heterocycles. The topological polar surface area (TPSA) is 47.6 Å². The highest BCUT2D eigenvalue weighted by atomic mass is 16.5. The molecule has 0 atom stereocenters. The third-order valence-corrected chi connectivity index (χ3v) is 4.58. The molecule has 4 heteroatoms. The van der Waals surface area contributed by atoms with E-state index in [1.807, 2.05) is 13.8 Å². The number of rotatable bonds is 11. The van der Waals surface area contributed by atoms with Crippen LogP contribution in [-0.4, -0.2) is 37.4 Å². The van der Waals surface area contributed by atoms with Crippen LogP contribution in [0, 0.1) is 5.41 Å². The highest BCUT2D eigenvalue weighted by Gasteiger charge is 2.27. The largest absolute Gasteiger partial charge is 0.375 e. The molecular weight excluding hydrogens is 278 g/mol. The summed E-state index contributed by atoms with van der Waals surface area (Å²) in [7, 11) is 1.65. The molecule has 0 rings (SSSR count). The summed E-state index contributed by atoms with van der Waals surface area (Å²) >= 11 is 0. The van der Waals surface area contributed by atoms with Crippen LogP contribution in [0.5, 0.6) is 0 Å². The predicted octanol–water partition coefficient (Wildman–Crippen LogP) is 3.93. The van der Waals surface area contributed by atoms with Crippen molar-refractivity contribution >= 4 is 5.91 Å². The van der Waals surface area contributed by atoms with Gasteiger partial charge in [0.05, 0.1) is 30.8 Å². The van der Waals surface area contributed by atoms with E-state index in [1.165, 1.54) is 0 Å². The van der Waals surface area contributed by atoms with E-state index in [9.17, 15) is 4.79 Å². The van der Waals surface area contributed by atoms with Gasteiger partial charge < -0.3 is 14.8 Å². The van der Waals surface area contributed by atoms with Crippen molar-refractivity contribution in [3.63, 3.8) is 0 Å². The Balaban J connectivity index is 4.24. The van der Waals surface area contributed by atoms with Crippen LogP contribution in [0.1, 0.15) is 74.1 Å². The molecule has 1 N–H and O–H groups in total. The van der Waals surface area contributed by atoms with Crippen molar-refractivity contribution in [2.24, 2.45) is 5.41 Å². The van der Waals surface area contributed by atoms with E-state index in [-0.39, 0.29) is 16.9 Å². The molecule has 4 nitrogen and oxygen atoms in total. The zero-order valence-corrected chi connectivity index (χ0v) is 16.0. The Labute approximate surface area is 137 Å². The number of carbonyl (C=O) groups is 1. The second kappa shape index (κ2) is 8.88. The standard InChI is InChI=1S/C18H37NO3/c1-9-18(7,10-2)14-22-16(3,4)11-12-21-17(5,6)13-15(20)19-8/h9-14H2,1-8H3,(H,19,20). The van der Waals surface area contributed by atoms with Crippen molar-refractivity contribution in [2.75, 3.05) is 20.3 Å². The van der Waals surface area contributed by atoms with E-state index in [2.05, 4.69) is 39.9 Å². The summed E-state index contributed by atoms with van der Waals surface area (Å²) < 4.78 is 12.0. The molecule has 0 aromatic carbocycles. The molecular formula is C18H37NO3. The molecule has 0 heterocycles. The van der Waals surface area contributed by atoms with Crippen LogP contribution in [0.3, 0.4) is 0 Å². The highest BCUT2D eigenvalue weighted by molar-refractivity contribution is 5.76. The third kappa shape index (κ3) is 8.74. The van der Waals surface area contributed by atoms with Gasteiger partial charge in [0.2, 0.25) is 5.91 Å². The summed E-state index contributed by atoms with van der Waals surface area (Å²) in [4.78, 5) is 11.5. The van der Waals surface area contributed by atoms with Crippen LogP contribution >= 0.6 is 0 Å². The molecule has 132 valence electrons. The molecule has 0 aromatic rings. The van der Waals surface area contributed by atoms with Crippen LogP contribution in [0.2, 0.25) is 0 Å². The van der Waals surface area contributed by atoms with Crippen molar-refractivity contribution in [1.29, 1.82) is 0 Å². The van der Waals surface area contributed by atoms with Crippen LogP contribution in [0.4, 0.5) is 0 Å².